The number of benzene rings is 2. The Bertz CT molecular complexity index is 848. The van der Waals surface area contributed by atoms with E-state index >= 15 is 0 Å². The predicted octanol–water partition coefficient (Wildman–Crippen LogP) is 2.81. The number of hydrazine groups is 1. The van der Waals surface area contributed by atoms with Crippen LogP contribution >= 0.6 is 12.2 Å². The third-order valence-corrected chi connectivity index (χ3v) is 3.90. The van der Waals surface area contributed by atoms with Gasteiger partial charge in [-0.1, -0.05) is 13.0 Å². The minimum Gasteiger partial charge on any atom is -0.494 e. The summed E-state index contributed by atoms with van der Waals surface area (Å²) in [4.78, 5) is 24.1. The van der Waals surface area contributed by atoms with Gasteiger partial charge in [0.05, 0.1) is 6.61 Å². The molecule has 0 aliphatic carbocycles. The molecular weight excluding hydrogens is 390 g/mol. The number of ether oxygens (including phenoxy) is 2. The standard InChI is InChI=1S/C21H25N3O4S/c1-4-9-27-17-7-5-16(6-8-17)20(26)22-21(29)24-23-19(25)13-28-18-11-14(2)10-15(3)12-18/h5-8,10-12H,4,9,13H2,1-3H3,(H,23,25)(H2,22,24,26,29). The summed E-state index contributed by atoms with van der Waals surface area (Å²) in [5.74, 6) is 0.475. The number of thiocarbonyl (C=S) groups is 1. The monoisotopic (exact) mass is 415 g/mol. The molecule has 0 radical (unpaired) electrons. The van der Waals surface area contributed by atoms with E-state index in [1.54, 1.807) is 24.3 Å². The second-order valence-electron chi connectivity index (χ2n) is 6.44. The summed E-state index contributed by atoms with van der Waals surface area (Å²) < 4.78 is 10.9. The molecular formula is C21H25N3O4S. The minimum atomic E-state index is -0.432. The average molecular weight is 416 g/mol. The SMILES string of the molecule is CCCOc1ccc(C(=O)NC(=S)NNC(=O)COc2cc(C)cc(C)c2)cc1. The molecule has 0 saturated heterocycles. The first-order valence-corrected chi connectivity index (χ1v) is 9.62. The fourth-order valence-corrected chi connectivity index (χ4v) is 2.60. The zero-order valence-corrected chi connectivity index (χ0v) is 17.5. The lowest BCUT2D eigenvalue weighted by atomic mass is 10.1. The molecule has 2 rings (SSSR count). The molecule has 2 aromatic rings. The zero-order chi connectivity index (χ0) is 21.2. The van der Waals surface area contributed by atoms with E-state index < -0.39 is 11.8 Å². The molecule has 0 heterocycles. The molecule has 0 spiro atoms. The van der Waals surface area contributed by atoms with Gasteiger partial charge in [-0.25, -0.2) is 0 Å². The molecule has 7 nitrogen and oxygen atoms in total. The highest BCUT2D eigenvalue weighted by molar-refractivity contribution is 7.80. The summed E-state index contributed by atoms with van der Waals surface area (Å²) in [6, 6.07) is 12.4. The van der Waals surface area contributed by atoms with Crippen LogP contribution in [-0.2, 0) is 4.79 Å². The predicted molar refractivity (Wildman–Crippen MR) is 115 cm³/mol. The first kappa shape index (κ1) is 22.2. The number of carbonyl (C=O) groups excluding carboxylic acids is 2. The van der Waals surface area contributed by atoms with Crippen molar-refractivity contribution in [2.75, 3.05) is 13.2 Å². The summed E-state index contributed by atoms with van der Waals surface area (Å²) in [6.45, 7) is 6.35. The summed E-state index contributed by atoms with van der Waals surface area (Å²) >= 11 is 5.02. The van der Waals surface area contributed by atoms with Gasteiger partial charge in [-0.15, -0.1) is 0 Å². The van der Waals surface area contributed by atoms with Gasteiger partial charge in [0.25, 0.3) is 11.8 Å². The Hall–Kier alpha value is -3.13. The van der Waals surface area contributed by atoms with Crippen LogP contribution in [0.5, 0.6) is 11.5 Å². The van der Waals surface area contributed by atoms with Gasteiger partial charge in [0.1, 0.15) is 11.5 Å². The van der Waals surface area contributed by atoms with Crippen LogP contribution in [0.2, 0.25) is 0 Å². The summed E-state index contributed by atoms with van der Waals surface area (Å²) in [5, 5.41) is 2.46. The molecule has 0 bridgehead atoms. The van der Waals surface area contributed by atoms with Crippen LogP contribution in [0.1, 0.15) is 34.8 Å². The van der Waals surface area contributed by atoms with Crippen LogP contribution in [0, 0.1) is 13.8 Å². The highest BCUT2D eigenvalue weighted by Gasteiger charge is 2.09. The maximum atomic E-state index is 12.2. The van der Waals surface area contributed by atoms with Crippen LogP contribution in [0.15, 0.2) is 42.5 Å². The first-order chi connectivity index (χ1) is 13.9. The van der Waals surface area contributed by atoms with Gasteiger partial charge in [-0.05, 0) is 80.0 Å². The number of aryl methyl sites for hydroxylation is 2. The smallest absolute Gasteiger partial charge is 0.276 e. The average Bonchev–Trinajstić information content (AvgIpc) is 2.68. The lowest BCUT2D eigenvalue weighted by Crippen LogP contribution is -2.49. The number of hydrogen-bond donors (Lipinski definition) is 3. The van der Waals surface area contributed by atoms with E-state index in [4.69, 9.17) is 21.7 Å². The summed E-state index contributed by atoms with van der Waals surface area (Å²) in [7, 11) is 0. The molecule has 29 heavy (non-hydrogen) atoms. The Morgan fingerprint density at radius 3 is 2.21 bits per heavy atom. The van der Waals surface area contributed by atoms with Gasteiger partial charge in [-0.3, -0.25) is 25.8 Å². The van der Waals surface area contributed by atoms with E-state index in [0.717, 1.165) is 17.5 Å². The molecule has 2 amide bonds. The van der Waals surface area contributed by atoms with Crippen molar-refractivity contribution in [3.63, 3.8) is 0 Å². The van der Waals surface area contributed by atoms with Gasteiger partial charge in [-0.2, -0.15) is 0 Å². The normalized spacial score (nSPS) is 10.0. The third-order valence-electron chi connectivity index (χ3n) is 3.70. The van der Waals surface area contributed by atoms with Crippen LogP contribution in [0.4, 0.5) is 0 Å². The van der Waals surface area contributed by atoms with Crippen molar-refractivity contribution in [2.45, 2.75) is 27.2 Å². The number of carbonyl (C=O) groups is 2. The van der Waals surface area contributed by atoms with Crippen molar-refractivity contribution in [3.8, 4) is 11.5 Å². The third kappa shape index (κ3) is 7.79. The van der Waals surface area contributed by atoms with Crippen molar-refractivity contribution in [1.82, 2.24) is 16.2 Å². The second-order valence-corrected chi connectivity index (χ2v) is 6.85. The fraction of sp³-hybridized carbons (Fsp3) is 0.286. The van der Waals surface area contributed by atoms with Crippen molar-refractivity contribution < 1.29 is 19.1 Å². The Kier molecular flexibility index (Phi) is 8.42. The van der Waals surface area contributed by atoms with Gasteiger partial charge in [0.2, 0.25) is 0 Å². The van der Waals surface area contributed by atoms with Gasteiger partial charge >= 0.3 is 0 Å². The maximum absolute atomic E-state index is 12.2. The lowest BCUT2D eigenvalue weighted by molar-refractivity contribution is -0.123. The Morgan fingerprint density at radius 1 is 0.931 bits per heavy atom. The van der Waals surface area contributed by atoms with Crippen molar-refractivity contribution in [1.29, 1.82) is 0 Å². The van der Waals surface area contributed by atoms with Gasteiger partial charge in [0, 0.05) is 5.56 Å². The molecule has 0 saturated carbocycles. The second kappa shape index (κ2) is 11.0. The molecule has 0 aromatic heterocycles. The first-order valence-electron chi connectivity index (χ1n) is 9.21. The van der Waals surface area contributed by atoms with Crippen molar-refractivity contribution >= 4 is 29.1 Å². The van der Waals surface area contributed by atoms with E-state index in [1.807, 2.05) is 39.0 Å². The molecule has 0 aliphatic heterocycles. The summed E-state index contributed by atoms with van der Waals surface area (Å²) in [6.07, 6.45) is 0.906. The molecule has 0 atom stereocenters. The van der Waals surface area contributed by atoms with E-state index in [2.05, 4.69) is 16.2 Å². The lowest BCUT2D eigenvalue weighted by Gasteiger charge is -2.12. The van der Waals surface area contributed by atoms with Gasteiger partial charge in [0.15, 0.2) is 11.7 Å². The Balaban J connectivity index is 1.74. The zero-order valence-electron chi connectivity index (χ0n) is 16.7. The molecule has 0 unspecified atom stereocenters. The number of amides is 2. The number of rotatable bonds is 7. The van der Waals surface area contributed by atoms with Crippen molar-refractivity contribution in [3.05, 3.63) is 59.2 Å². The van der Waals surface area contributed by atoms with Crippen LogP contribution < -0.4 is 25.6 Å². The largest absolute Gasteiger partial charge is 0.494 e. The minimum absolute atomic E-state index is 0.0268. The molecule has 154 valence electrons. The number of nitrogens with one attached hydrogen (secondary N) is 3. The number of hydrogen-bond acceptors (Lipinski definition) is 5. The molecule has 0 fully saturated rings. The Labute approximate surface area is 175 Å². The molecule has 3 N–H and O–H groups in total. The Morgan fingerprint density at radius 2 is 1.59 bits per heavy atom. The highest BCUT2D eigenvalue weighted by Crippen LogP contribution is 2.16. The topological polar surface area (TPSA) is 88.7 Å². The molecule has 2 aromatic carbocycles. The maximum Gasteiger partial charge on any atom is 0.276 e. The quantitative estimate of drug-likeness (QED) is 0.476. The van der Waals surface area contributed by atoms with Gasteiger partial charge < -0.3 is 9.47 Å². The van der Waals surface area contributed by atoms with E-state index in [9.17, 15) is 9.59 Å². The fourth-order valence-electron chi connectivity index (χ4n) is 2.46. The molecule has 8 heteroatoms. The van der Waals surface area contributed by atoms with E-state index in [-0.39, 0.29) is 11.7 Å². The molecule has 0 aliphatic rings. The van der Waals surface area contributed by atoms with Crippen LogP contribution in [0.25, 0.3) is 0 Å². The van der Waals surface area contributed by atoms with Crippen LogP contribution in [0.3, 0.4) is 0 Å². The van der Waals surface area contributed by atoms with E-state index in [1.165, 1.54) is 0 Å². The summed E-state index contributed by atoms with van der Waals surface area (Å²) in [5.41, 5.74) is 7.37. The van der Waals surface area contributed by atoms with Crippen molar-refractivity contribution in [2.24, 2.45) is 0 Å². The highest BCUT2D eigenvalue weighted by atomic mass is 32.1. The van der Waals surface area contributed by atoms with E-state index in [0.29, 0.717) is 23.7 Å². The van der Waals surface area contributed by atoms with Crippen LogP contribution in [-0.4, -0.2) is 30.1 Å².